The predicted molar refractivity (Wildman–Crippen MR) is 124 cm³/mol. The van der Waals surface area contributed by atoms with Crippen LogP contribution in [0.2, 0.25) is 10.0 Å². The number of aryl methyl sites for hydroxylation is 2. The Morgan fingerprint density at radius 2 is 1.58 bits per heavy atom. The fourth-order valence-electron chi connectivity index (χ4n) is 3.59. The Morgan fingerprint density at radius 3 is 2.09 bits per heavy atom. The standard InChI is InChI=1S/C23H18Cl2O7S/c1-10-6-13(7-11(2)21(10)26)18(14-8-12(3)22(27)15(9-14)23(28)29)19-16(24)4-5-17(20(19)25)33(30,31)32/h4-9,26H,1-3H3,(H,28,29)(H,30,31,32). The molecular weight excluding hydrogens is 491 g/mol. The number of Topliss-reactive ketones (excluding diaryl/α,β-unsaturated/α-hetero) is 1. The molecule has 0 amide bonds. The van der Waals surface area contributed by atoms with Gasteiger partial charge in [-0.2, -0.15) is 8.42 Å². The van der Waals surface area contributed by atoms with Crippen molar-refractivity contribution in [2.75, 3.05) is 0 Å². The summed E-state index contributed by atoms with van der Waals surface area (Å²) in [7, 11) is -4.72. The number of aromatic hydroxyl groups is 1. The lowest BCUT2D eigenvalue weighted by Crippen LogP contribution is -2.17. The van der Waals surface area contributed by atoms with Gasteiger partial charge in [0.05, 0.1) is 10.0 Å². The number of hydrogen-bond acceptors (Lipinski definition) is 5. The maximum absolute atomic E-state index is 12.3. The number of carboxylic acids is 1. The number of carbonyl (C=O) groups excluding carboxylic acids is 1. The number of hydrogen-bond donors (Lipinski definition) is 3. The molecular formula is C23H18Cl2O7S. The van der Waals surface area contributed by atoms with E-state index >= 15 is 0 Å². The second-order valence-electron chi connectivity index (χ2n) is 7.52. The van der Waals surface area contributed by atoms with Crippen molar-refractivity contribution in [1.82, 2.24) is 0 Å². The van der Waals surface area contributed by atoms with Gasteiger partial charge in [-0.25, -0.2) is 4.79 Å². The maximum atomic E-state index is 12.3. The summed E-state index contributed by atoms with van der Waals surface area (Å²) in [6.07, 6.45) is 2.59. The van der Waals surface area contributed by atoms with E-state index in [1.165, 1.54) is 19.1 Å². The van der Waals surface area contributed by atoms with Crippen LogP contribution in [0, 0.1) is 13.8 Å². The Kier molecular flexibility index (Phi) is 6.59. The minimum absolute atomic E-state index is 0.00679. The van der Waals surface area contributed by atoms with E-state index in [1.54, 1.807) is 26.0 Å². The van der Waals surface area contributed by atoms with Crippen molar-refractivity contribution in [1.29, 1.82) is 0 Å². The van der Waals surface area contributed by atoms with Gasteiger partial charge in [-0.15, -0.1) is 0 Å². The van der Waals surface area contributed by atoms with Crippen LogP contribution in [0.1, 0.15) is 29.2 Å². The number of carboxylic acid groups (broad SMARTS) is 1. The first-order chi connectivity index (χ1) is 15.2. The summed E-state index contributed by atoms with van der Waals surface area (Å²) >= 11 is 12.8. The van der Waals surface area contributed by atoms with E-state index in [9.17, 15) is 32.8 Å². The zero-order chi connectivity index (χ0) is 24.8. The zero-order valence-electron chi connectivity index (χ0n) is 17.6. The summed E-state index contributed by atoms with van der Waals surface area (Å²) in [4.78, 5) is 23.4. The van der Waals surface area contributed by atoms with Gasteiger partial charge in [0.15, 0.2) is 5.78 Å². The van der Waals surface area contributed by atoms with Crippen LogP contribution in [0.5, 0.6) is 5.75 Å². The molecule has 0 bridgehead atoms. The van der Waals surface area contributed by atoms with Gasteiger partial charge in [-0.1, -0.05) is 23.2 Å². The largest absolute Gasteiger partial charge is 0.507 e. The minimum atomic E-state index is -4.72. The highest BCUT2D eigenvalue weighted by atomic mass is 35.5. The van der Waals surface area contributed by atoms with E-state index in [4.69, 9.17) is 23.2 Å². The van der Waals surface area contributed by atoms with Crippen LogP contribution in [-0.2, 0) is 19.7 Å². The Hall–Kier alpha value is -2.91. The second-order valence-corrected chi connectivity index (χ2v) is 9.69. The molecule has 33 heavy (non-hydrogen) atoms. The van der Waals surface area contributed by atoms with E-state index in [1.807, 2.05) is 0 Å². The molecule has 10 heteroatoms. The zero-order valence-corrected chi connectivity index (χ0v) is 19.9. The van der Waals surface area contributed by atoms with E-state index in [-0.39, 0.29) is 38.1 Å². The van der Waals surface area contributed by atoms with E-state index in [0.717, 1.165) is 12.1 Å². The van der Waals surface area contributed by atoms with Crippen LogP contribution in [0.15, 0.2) is 58.0 Å². The number of carbonyl (C=O) groups is 2. The average Bonchev–Trinajstić information content (AvgIpc) is 2.69. The molecule has 0 fully saturated rings. The summed E-state index contributed by atoms with van der Waals surface area (Å²) in [6, 6.07) is 5.46. The molecule has 0 aliphatic heterocycles. The number of allylic oxidation sites excluding steroid dienone is 4. The number of halogens is 2. The molecule has 7 nitrogen and oxygen atoms in total. The van der Waals surface area contributed by atoms with Crippen molar-refractivity contribution in [3.8, 4) is 5.75 Å². The Morgan fingerprint density at radius 1 is 1.00 bits per heavy atom. The third-order valence-corrected chi connectivity index (χ3v) is 6.87. The molecule has 0 saturated heterocycles. The van der Waals surface area contributed by atoms with E-state index in [2.05, 4.69) is 0 Å². The third kappa shape index (κ3) is 4.60. The lowest BCUT2D eigenvalue weighted by atomic mass is 9.85. The van der Waals surface area contributed by atoms with Gasteiger partial charge < -0.3 is 10.2 Å². The third-order valence-electron chi connectivity index (χ3n) is 5.16. The van der Waals surface area contributed by atoms with Crippen molar-refractivity contribution in [3.63, 3.8) is 0 Å². The van der Waals surface area contributed by atoms with Crippen LogP contribution in [0.25, 0.3) is 5.57 Å². The van der Waals surface area contributed by atoms with Crippen LogP contribution in [-0.4, -0.2) is 34.9 Å². The van der Waals surface area contributed by atoms with Crippen LogP contribution in [0.3, 0.4) is 0 Å². The Balaban J connectivity index is 2.56. The quantitative estimate of drug-likeness (QED) is 0.395. The molecule has 172 valence electrons. The van der Waals surface area contributed by atoms with Gasteiger partial charge >= 0.3 is 5.97 Å². The van der Waals surface area contributed by atoms with Gasteiger partial charge in [0, 0.05) is 5.56 Å². The van der Waals surface area contributed by atoms with Crippen LogP contribution < -0.4 is 0 Å². The summed E-state index contributed by atoms with van der Waals surface area (Å²) in [5.74, 6) is -2.07. The van der Waals surface area contributed by atoms with Crippen molar-refractivity contribution in [2.24, 2.45) is 0 Å². The van der Waals surface area contributed by atoms with Crippen molar-refractivity contribution in [2.45, 2.75) is 25.7 Å². The highest BCUT2D eigenvalue weighted by Crippen LogP contribution is 2.43. The van der Waals surface area contributed by atoms with Crippen LogP contribution in [0.4, 0.5) is 0 Å². The molecule has 2 aromatic carbocycles. The molecule has 0 atom stereocenters. The molecule has 2 aromatic rings. The lowest BCUT2D eigenvalue weighted by molar-refractivity contribution is -0.134. The lowest BCUT2D eigenvalue weighted by Gasteiger charge is -2.20. The first kappa shape index (κ1) is 24.7. The van der Waals surface area contributed by atoms with Gasteiger partial charge in [0.1, 0.15) is 16.2 Å². The first-order valence-electron chi connectivity index (χ1n) is 9.42. The number of rotatable bonds is 4. The Bertz CT molecular complexity index is 1410. The highest BCUT2D eigenvalue weighted by Gasteiger charge is 2.28. The van der Waals surface area contributed by atoms with E-state index in [0.29, 0.717) is 16.7 Å². The molecule has 3 rings (SSSR count). The molecule has 0 heterocycles. The topological polar surface area (TPSA) is 129 Å². The molecule has 0 spiro atoms. The maximum Gasteiger partial charge on any atom is 0.339 e. The summed E-state index contributed by atoms with van der Waals surface area (Å²) in [5, 5.41) is 19.4. The number of aliphatic carboxylic acids is 1. The smallest absolute Gasteiger partial charge is 0.339 e. The SMILES string of the molecule is CC1=CC(=C(c2cc(C)c(O)c(C)c2)c2c(Cl)ccc(S(=O)(=O)O)c2Cl)C=C(C(=O)O)C1=O. The summed E-state index contributed by atoms with van der Waals surface area (Å²) < 4.78 is 33.4. The van der Waals surface area contributed by atoms with Crippen molar-refractivity contribution < 1.29 is 32.8 Å². The summed E-state index contributed by atoms with van der Waals surface area (Å²) in [6.45, 7) is 4.74. The second kappa shape index (κ2) is 8.79. The van der Waals surface area contributed by atoms with Gasteiger partial charge in [-0.05, 0) is 90.6 Å². The van der Waals surface area contributed by atoms with E-state index < -0.39 is 32.3 Å². The molecule has 0 unspecified atom stereocenters. The highest BCUT2D eigenvalue weighted by molar-refractivity contribution is 7.86. The number of ketones is 1. The van der Waals surface area contributed by atoms with Crippen molar-refractivity contribution >= 4 is 50.6 Å². The van der Waals surface area contributed by atoms with Gasteiger partial charge in [0.25, 0.3) is 10.1 Å². The molecule has 0 aromatic heterocycles. The molecule has 1 aliphatic rings. The number of phenols is 1. The van der Waals surface area contributed by atoms with Crippen LogP contribution >= 0.6 is 23.2 Å². The van der Waals surface area contributed by atoms with Gasteiger partial charge in [-0.3, -0.25) is 9.35 Å². The average molecular weight is 509 g/mol. The normalized spacial score (nSPS) is 15.8. The number of benzene rings is 2. The minimum Gasteiger partial charge on any atom is -0.507 e. The molecule has 1 aliphatic carbocycles. The summed E-state index contributed by atoms with van der Waals surface area (Å²) in [5.41, 5.74) is 1.48. The Labute approximate surface area is 200 Å². The fourth-order valence-corrected chi connectivity index (χ4v) is 5.02. The monoisotopic (exact) mass is 508 g/mol. The fraction of sp³-hybridized carbons (Fsp3) is 0.130. The molecule has 0 radical (unpaired) electrons. The number of phenolic OH excluding ortho intramolecular Hbond substituents is 1. The molecule has 3 N–H and O–H groups in total. The van der Waals surface area contributed by atoms with Crippen molar-refractivity contribution in [3.05, 3.63) is 85.4 Å². The van der Waals surface area contributed by atoms with Gasteiger partial charge in [0.2, 0.25) is 0 Å². The molecule has 0 saturated carbocycles. The predicted octanol–water partition coefficient (Wildman–Crippen LogP) is 4.90. The first-order valence-corrected chi connectivity index (χ1v) is 11.6.